The minimum Gasteiger partial charge on any atom is -0.444 e. The zero-order valence-electron chi connectivity index (χ0n) is 35.4. The standard InChI is InChI=1S/C22H25N3O3S2.C20H23N3O2S2.C2H3ClO/c1-12(26)23-19-18(20-25-15-7-5-6-8-16(15)29-20)14-10-9-13(11-17(14)30-19)24-21(27)28-22(2,3)4;1-20(2,3)25-19(24)22-11-8-9-12-15(10-11)26-17(21)16(12)18-23-13-6-4-5-7-14(13)27-18;1-2(3)4/h5-8,13H,9-11H2,1-4H3,(H,23,26)(H,24,27);4-7,11H,8-10,21H2,1-3H3,(H,22,24);1H3. The Morgan fingerprint density at radius 3 is 1.56 bits per heavy atom. The highest BCUT2D eigenvalue weighted by atomic mass is 35.5. The Bertz CT molecular complexity index is 2490. The highest BCUT2D eigenvalue weighted by Gasteiger charge is 2.31. The molecule has 0 bridgehead atoms. The normalized spacial score (nSPS) is 15.9. The fraction of sp³-hybridized carbons (Fsp3) is 0.409. The lowest BCUT2D eigenvalue weighted by molar-refractivity contribution is -0.114. The van der Waals surface area contributed by atoms with E-state index in [1.165, 1.54) is 39.4 Å². The molecule has 324 valence electrons. The Hall–Kier alpha value is -4.61. The molecule has 5 N–H and O–H groups in total. The number of hydrogen-bond donors (Lipinski definition) is 4. The number of alkyl carbamates (subject to hydrolysis) is 2. The SMILES string of the molecule is CC(=O)Cl.CC(=O)Nc1sc2c(c1-c1nc3ccccc3s1)CCC(NC(=O)OC(C)(C)C)C2.CC(C)(C)OC(=O)NC1CCc2c(sc(N)c2-c2nc3ccccc3s2)C1. The van der Waals surface area contributed by atoms with Gasteiger partial charge in [-0.1, -0.05) is 24.3 Å². The Labute approximate surface area is 376 Å². The van der Waals surface area contributed by atoms with Gasteiger partial charge < -0.3 is 31.2 Å². The molecule has 61 heavy (non-hydrogen) atoms. The first-order valence-corrected chi connectivity index (χ1v) is 23.6. The molecule has 2 atom stereocenters. The van der Waals surface area contributed by atoms with Gasteiger partial charge in [0.2, 0.25) is 11.1 Å². The third-order valence-electron chi connectivity index (χ3n) is 9.30. The van der Waals surface area contributed by atoms with Gasteiger partial charge in [0, 0.05) is 59.7 Å². The second kappa shape index (κ2) is 19.2. The number of amides is 3. The number of anilines is 2. The Kier molecular flexibility index (Phi) is 14.4. The summed E-state index contributed by atoms with van der Waals surface area (Å²) in [6.07, 6.45) is 4.16. The summed E-state index contributed by atoms with van der Waals surface area (Å²) in [4.78, 5) is 57.3. The van der Waals surface area contributed by atoms with E-state index in [-0.39, 0.29) is 35.4 Å². The van der Waals surface area contributed by atoms with Crippen molar-refractivity contribution in [3.63, 3.8) is 0 Å². The van der Waals surface area contributed by atoms with Crippen LogP contribution in [0.4, 0.5) is 19.6 Å². The summed E-state index contributed by atoms with van der Waals surface area (Å²) in [6.45, 7) is 14.0. The molecule has 2 aliphatic carbocycles. The van der Waals surface area contributed by atoms with Gasteiger partial charge in [0.25, 0.3) is 0 Å². The van der Waals surface area contributed by atoms with Gasteiger partial charge in [-0.2, -0.15) is 0 Å². The van der Waals surface area contributed by atoms with E-state index in [1.807, 2.05) is 77.9 Å². The summed E-state index contributed by atoms with van der Waals surface area (Å²) in [5.74, 6) is -0.0978. The van der Waals surface area contributed by atoms with Crippen molar-refractivity contribution in [2.45, 2.75) is 117 Å². The molecule has 2 aromatic carbocycles. The van der Waals surface area contributed by atoms with Crippen molar-refractivity contribution in [2.75, 3.05) is 11.1 Å². The lowest BCUT2D eigenvalue weighted by atomic mass is 9.92. The molecule has 3 amide bonds. The number of nitrogens with zero attached hydrogens (tertiary/aromatic N) is 2. The molecule has 0 saturated carbocycles. The quantitative estimate of drug-likeness (QED) is 0.123. The molecule has 4 heterocycles. The van der Waals surface area contributed by atoms with Crippen molar-refractivity contribution >= 4 is 111 Å². The molecule has 8 rings (SSSR count). The van der Waals surface area contributed by atoms with Crippen LogP contribution in [0.15, 0.2) is 48.5 Å². The third kappa shape index (κ3) is 12.3. The lowest BCUT2D eigenvalue weighted by Crippen LogP contribution is -2.41. The number of aromatic nitrogens is 2. The maximum atomic E-state index is 12.2. The van der Waals surface area contributed by atoms with E-state index in [2.05, 4.69) is 39.7 Å². The Morgan fingerprint density at radius 1 is 0.689 bits per heavy atom. The number of fused-ring (bicyclic) bond motifs is 4. The van der Waals surface area contributed by atoms with Crippen LogP contribution >= 0.6 is 56.9 Å². The van der Waals surface area contributed by atoms with Crippen molar-refractivity contribution in [3.8, 4) is 21.1 Å². The fourth-order valence-electron chi connectivity index (χ4n) is 7.05. The molecule has 4 aromatic heterocycles. The van der Waals surface area contributed by atoms with Crippen LogP contribution < -0.4 is 21.7 Å². The fourth-order valence-corrected chi connectivity index (χ4v) is 11.9. The van der Waals surface area contributed by atoms with Gasteiger partial charge in [-0.15, -0.1) is 45.3 Å². The molecule has 0 radical (unpaired) electrons. The Morgan fingerprint density at radius 2 is 1.11 bits per heavy atom. The highest BCUT2D eigenvalue weighted by Crippen LogP contribution is 2.47. The predicted octanol–water partition coefficient (Wildman–Crippen LogP) is 11.1. The molecule has 12 nitrogen and oxygen atoms in total. The number of nitrogen functional groups attached to an aromatic ring is 1. The second-order valence-corrected chi connectivity index (χ2v) is 21.6. The minimum absolute atomic E-state index is 0.0133. The first-order chi connectivity index (χ1) is 28.7. The first-order valence-electron chi connectivity index (χ1n) is 19.9. The number of thiophene rings is 2. The number of nitrogens with one attached hydrogen (secondary N) is 3. The summed E-state index contributed by atoms with van der Waals surface area (Å²) < 4.78 is 13.1. The number of benzene rings is 2. The summed E-state index contributed by atoms with van der Waals surface area (Å²) in [5, 5.41) is 12.2. The number of ether oxygens (including phenoxy) is 2. The van der Waals surface area contributed by atoms with Crippen molar-refractivity contribution in [3.05, 3.63) is 69.4 Å². The summed E-state index contributed by atoms with van der Waals surface area (Å²) in [6, 6.07) is 16.3. The smallest absolute Gasteiger partial charge is 0.407 e. The second-order valence-electron chi connectivity index (χ2n) is 16.7. The van der Waals surface area contributed by atoms with Crippen molar-refractivity contribution in [2.24, 2.45) is 0 Å². The van der Waals surface area contributed by atoms with Gasteiger partial charge in [-0.25, -0.2) is 19.6 Å². The van der Waals surface area contributed by atoms with Crippen LogP contribution in [0.3, 0.4) is 0 Å². The van der Waals surface area contributed by atoms with E-state index < -0.39 is 11.2 Å². The molecule has 2 aliphatic rings. The van der Waals surface area contributed by atoms with Crippen molar-refractivity contribution in [1.82, 2.24) is 20.6 Å². The number of halogens is 1. The topological polar surface area (TPSA) is 175 Å². The van der Waals surface area contributed by atoms with E-state index in [1.54, 1.807) is 45.3 Å². The van der Waals surface area contributed by atoms with Gasteiger partial charge in [0.1, 0.15) is 26.2 Å². The van der Waals surface area contributed by atoms with Crippen LogP contribution in [0.1, 0.15) is 89.1 Å². The molecular formula is C44H51ClN6O6S4. The average molecular weight is 924 g/mol. The number of nitrogens with two attached hydrogens (primary N) is 1. The van der Waals surface area contributed by atoms with Crippen LogP contribution in [0.2, 0.25) is 0 Å². The first kappa shape index (κ1) is 45.9. The predicted molar refractivity (Wildman–Crippen MR) is 251 cm³/mol. The molecule has 2 unspecified atom stereocenters. The number of rotatable bonds is 5. The molecular weight excluding hydrogens is 872 g/mol. The van der Waals surface area contributed by atoms with E-state index in [4.69, 9.17) is 25.2 Å². The van der Waals surface area contributed by atoms with E-state index in [9.17, 15) is 19.2 Å². The maximum Gasteiger partial charge on any atom is 0.407 e. The number of hydrogen-bond acceptors (Lipinski definition) is 13. The average Bonchev–Trinajstić information content (AvgIpc) is 3.91. The van der Waals surface area contributed by atoms with Crippen LogP contribution in [-0.4, -0.2) is 56.6 Å². The Balaban J connectivity index is 0.000000189. The highest BCUT2D eigenvalue weighted by molar-refractivity contribution is 7.23. The van der Waals surface area contributed by atoms with Crippen LogP contribution in [0.5, 0.6) is 0 Å². The van der Waals surface area contributed by atoms with E-state index >= 15 is 0 Å². The molecule has 0 fully saturated rings. The van der Waals surface area contributed by atoms with Gasteiger partial charge in [-0.05, 0) is 114 Å². The van der Waals surface area contributed by atoms with Gasteiger partial charge in [0.05, 0.1) is 25.4 Å². The van der Waals surface area contributed by atoms with Crippen LogP contribution in [0.25, 0.3) is 41.6 Å². The van der Waals surface area contributed by atoms with Crippen LogP contribution in [0, 0.1) is 0 Å². The van der Waals surface area contributed by atoms with Gasteiger partial charge >= 0.3 is 12.2 Å². The summed E-state index contributed by atoms with van der Waals surface area (Å²) >= 11 is 11.2. The third-order valence-corrected chi connectivity index (χ3v) is 13.7. The maximum absolute atomic E-state index is 12.2. The monoisotopic (exact) mass is 922 g/mol. The van der Waals surface area contributed by atoms with Crippen LogP contribution in [-0.2, 0) is 44.7 Å². The van der Waals surface area contributed by atoms with Crippen molar-refractivity contribution < 1.29 is 28.7 Å². The van der Waals surface area contributed by atoms with E-state index in [0.29, 0.717) is 0 Å². The minimum atomic E-state index is -0.522. The largest absolute Gasteiger partial charge is 0.444 e. The lowest BCUT2D eigenvalue weighted by Gasteiger charge is -2.26. The zero-order chi connectivity index (χ0) is 44.2. The zero-order valence-corrected chi connectivity index (χ0v) is 39.5. The molecule has 6 aromatic rings. The number of para-hydroxylation sites is 2. The van der Waals surface area contributed by atoms with Gasteiger partial charge in [0.15, 0.2) is 0 Å². The van der Waals surface area contributed by atoms with Crippen molar-refractivity contribution in [1.29, 1.82) is 0 Å². The van der Waals surface area contributed by atoms with Gasteiger partial charge in [-0.3, -0.25) is 9.59 Å². The number of carbonyl (C=O) groups is 4. The summed E-state index contributed by atoms with van der Waals surface area (Å²) in [5.41, 5.74) is 12.0. The number of carbonyl (C=O) groups excluding carboxylic acids is 4. The van der Waals surface area contributed by atoms with E-state index in [0.717, 1.165) is 85.4 Å². The molecule has 17 heteroatoms. The molecule has 0 saturated heterocycles. The molecule has 0 spiro atoms. The number of thiazole rings is 2. The summed E-state index contributed by atoms with van der Waals surface area (Å²) in [7, 11) is 0. The molecule has 0 aliphatic heterocycles.